The number of halogens is 1. The molecule has 0 bridgehead atoms. The number of anilines is 2. The summed E-state index contributed by atoms with van der Waals surface area (Å²) in [7, 11) is 1.57. The van der Waals surface area contributed by atoms with Gasteiger partial charge in [0, 0.05) is 17.3 Å². The number of likely N-dealkylation sites (tertiary alicyclic amines) is 1. The third-order valence-electron chi connectivity index (χ3n) is 5.11. The van der Waals surface area contributed by atoms with Crippen LogP contribution in [0.2, 0.25) is 5.02 Å². The van der Waals surface area contributed by atoms with E-state index >= 15 is 0 Å². The molecule has 10 heteroatoms. The summed E-state index contributed by atoms with van der Waals surface area (Å²) in [5.41, 5.74) is 2.20. The maximum atomic E-state index is 13.0. The normalized spacial score (nSPS) is 15.5. The summed E-state index contributed by atoms with van der Waals surface area (Å²) in [5, 5.41) is 15.3. The summed E-state index contributed by atoms with van der Waals surface area (Å²) in [6.45, 7) is 2.54. The van der Waals surface area contributed by atoms with Gasteiger partial charge in [0.15, 0.2) is 0 Å². The molecular formula is C22H22ClN5O3S. The van der Waals surface area contributed by atoms with Crippen LogP contribution in [0.4, 0.5) is 16.2 Å². The molecule has 8 nitrogen and oxygen atoms in total. The smallest absolute Gasteiger partial charge is 0.322 e. The zero-order chi connectivity index (χ0) is 22.7. The van der Waals surface area contributed by atoms with Gasteiger partial charge in [-0.1, -0.05) is 35.1 Å². The standard InChI is InChI=1S/C22H22ClN5O3S/c1-13-8-9-18(31-2)16(11-13)25-22(30)28-10-4-7-17(28)20-26-27-21(32-20)19(29)24-15-6-3-5-14(23)12-15/h3,5-6,8-9,11-12,17H,4,7,10H2,1-2H3,(H,24,29)(H,25,30). The third-order valence-corrected chi connectivity index (χ3v) is 6.37. The average molecular weight is 472 g/mol. The number of rotatable bonds is 5. The molecule has 1 atom stereocenters. The van der Waals surface area contributed by atoms with Gasteiger partial charge in [0.1, 0.15) is 10.8 Å². The number of aromatic nitrogens is 2. The lowest BCUT2D eigenvalue weighted by Crippen LogP contribution is -2.34. The molecule has 3 aromatic rings. The summed E-state index contributed by atoms with van der Waals surface area (Å²) in [6, 6.07) is 12.0. The van der Waals surface area contributed by atoms with E-state index in [0.29, 0.717) is 33.7 Å². The maximum absolute atomic E-state index is 13.0. The van der Waals surface area contributed by atoms with Crippen LogP contribution in [0.3, 0.4) is 0 Å². The minimum atomic E-state index is -0.366. The van der Waals surface area contributed by atoms with Gasteiger partial charge in [0.25, 0.3) is 5.91 Å². The molecule has 0 saturated carbocycles. The summed E-state index contributed by atoms with van der Waals surface area (Å²) in [6.07, 6.45) is 1.59. The number of hydrogen-bond donors (Lipinski definition) is 2. The first kappa shape index (κ1) is 22.0. The first-order valence-corrected chi connectivity index (χ1v) is 11.3. The highest BCUT2D eigenvalue weighted by molar-refractivity contribution is 7.13. The lowest BCUT2D eigenvalue weighted by Gasteiger charge is -2.23. The Morgan fingerprint density at radius 3 is 2.81 bits per heavy atom. The number of nitrogens with one attached hydrogen (secondary N) is 2. The second-order valence-electron chi connectivity index (χ2n) is 7.40. The molecule has 1 saturated heterocycles. The second-order valence-corrected chi connectivity index (χ2v) is 8.84. The van der Waals surface area contributed by atoms with Crippen LogP contribution in [0.5, 0.6) is 5.75 Å². The largest absolute Gasteiger partial charge is 0.495 e. The predicted molar refractivity (Wildman–Crippen MR) is 125 cm³/mol. The van der Waals surface area contributed by atoms with Crippen molar-refractivity contribution in [3.8, 4) is 5.75 Å². The van der Waals surface area contributed by atoms with Crippen LogP contribution in [0.1, 0.15) is 39.3 Å². The monoisotopic (exact) mass is 471 g/mol. The zero-order valence-electron chi connectivity index (χ0n) is 17.6. The number of carbonyl (C=O) groups is 2. The molecule has 1 fully saturated rings. The van der Waals surface area contributed by atoms with Gasteiger partial charge in [0.05, 0.1) is 18.8 Å². The molecule has 0 radical (unpaired) electrons. The molecule has 166 valence electrons. The van der Waals surface area contributed by atoms with Gasteiger partial charge in [-0.15, -0.1) is 10.2 Å². The van der Waals surface area contributed by atoms with E-state index in [2.05, 4.69) is 20.8 Å². The lowest BCUT2D eigenvalue weighted by atomic mass is 10.2. The molecule has 2 heterocycles. The van der Waals surface area contributed by atoms with Crippen LogP contribution in [-0.2, 0) is 0 Å². The topological polar surface area (TPSA) is 96.4 Å². The fraction of sp³-hybridized carbons (Fsp3) is 0.273. The molecule has 2 aromatic carbocycles. The Morgan fingerprint density at radius 2 is 2.03 bits per heavy atom. The number of aryl methyl sites for hydroxylation is 1. The summed E-state index contributed by atoms with van der Waals surface area (Å²) >= 11 is 7.15. The van der Waals surface area contributed by atoms with E-state index in [1.54, 1.807) is 36.3 Å². The van der Waals surface area contributed by atoms with E-state index in [-0.39, 0.29) is 23.0 Å². The Bertz CT molecular complexity index is 1150. The quantitative estimate of drug-likeness (QED) is 0.537. The molecule has 32 heavy (non-hydrogen) atoms. The van der Waals surface area contributed by atoms with Gasteiger partial charge in [-0.25, -0.2) is 4.79 Å². The molecule has 1 aliphatic rings. The number of carbonyl (C=O) groups excluding carboxylic acids is 2. The highest BCUT2D eigenvalue weighted by Gasteiger charge is 2.33. The number of amides is 3. The van der Waals surface area contributed by atoms with Crippen molar-refractivity contribution in [1.82, 2.24) is 15.1 Å². The molecule has 1 unspecified atom stereocenters. The summed E-state index contributed by atoms with van der Waals surface area (Å²) < 4.78 is 5.35. The Kier molecular flexibility index (Phi) is 6.57. The third kappa shape index (κ3) is 4.84. The SMILES string of the molecule is COc1ccc(C)cc1NC(=O)N1CCCC1c1nnc(C(=O)Nc2cccc(Cl)c2)s1. The van der Waals surface area contributed by atoms with E-state index in [1.165, 1.54) is 11.3 Å². The number of hydrogen-bond acceptors (Lipinski definition) is 6. The van der Waals surface area contributed by atoms with Crippen molar-refractivity contribution in [2.24, 2.45) is 0 Å². The van der Waals surface area contributed by atoms with Crippen molar-refractivity contribution in [3.63, 3.8) is 0 Å². The van der Waals surface area contributed by atoms with E-state index in [1.807, 2.05) is 25.1 Å². The van der Waals surface area contributed by atoms with E-state index in [4.69, 9.17) is 16.3 Å². The number of urea groups is 1. The van der Waals surface area contributed by atoms with Crippen LogP contribution in [0.15, 0.2) is 42.5 Å². The molecule has 1 aromatic heterocycles. The van der Waals surface area contributed by atoms with Crippen molar-refractivity contribution >= 4 is 46.3 Å². The highest BCUT2D eigenvalue weighted by Crippen LogP contribution is 2.35. The minimum absolute atomic E-state index is 0.229. The van der Waals surface area contributed by atoms with Gasteiger partial charge in [-0.2, -0.15) is 0 Å². The van der Waals surface area contributed by atoms with Crippen molar-refractivity contribution in [3.05, 3.63) is 63.1 Å². The molecule has 3 amide bonds. The van der Waals surface area contributed by atoms with Gasteiger partial charge in [-0.05, 0) is 55.7 Å². The van der Waals surface area contributed by atoms with Crippen LogP contribution in [-0.4, -0.2) is 40.7 Å². The fourth-order valence-electron chi connectivity index (χ4n) is 3.58. The van der Waals surface area contributed by atoms with Gasteiger partial charge in [0.2, 0.25) is 5.01 Å². The fourth-order valence-corrected chi connectivity index (χ4v) is 4.66. The summed E-state index contributed by atoms with van der Waals surface area (Å²) in [5.74, 6) is 0.227. The summed E-state index contributed by atoms with van der Waals surface area (Å²) in [4.78, 5) is 27.3. The Hall–Kier alpha value is -3.17. The van der Waals surface area contributed by atoms with Gasteiger partial charge >= 0.3 is 6.03 Å². The van der Waals surface area contributed by atoms with E-state index in [0.717, 1.165) is 18.4 Å². The van der Waals surface area contributed by atoms with Gasteiger partial charge in [-0.3, -0.25) is 4.79 Å². The second kappa shape index (κ2) is 9.54. The Balaban J connectivity index is 1.47. The van der Waals surface area contributed by atoms with E-state index in [9.17, 15) is 9.59 Å². The number of ether oxygens (including phenoxy) is 1. The van der Waals surface area contributed by atoms with Crippen molar-refractivity contribution in [2.75, 3.05) is 24.3 Å². The first-order valence-electron chi connectivity index (χ1n) is 10.1. The lowest BCUT2D eigenvalue weighted by molar-refractivity contribution is 0.102. The molecule has 1 aliphatic heterocycles. The number of benzene rings is 2. The number of methoxy groups -OCH3 is 1. The Morgan fingerprint density at radius 1 is 1.19 bits per heavy atom. The van der Waals surface area contributed by atoms with Crippen LogP contribution in [0, 0.1) is 6.92 Å². The van der Waals surface area contributed by atoms with Crippen LogP contribution >= 0.6 is 22.9 Å². The zero-order valence-corrected chi connectivity index (χ0v) is 19.2. The predicted octanol–water partition coefficient (Wildman–Crippen LogP) is 5.13. The van der Waals surface area contributed by atoms with Gasteiger partial charge < -0.3 is 20.3 Å². The van der Waals surface area contributed by atoms with Crippen molar-refractivity contribution in [1.29, 1.82) is 0 Å². The molecule has 0 aliphatic carbocycles. The Labute approximate surface area is 194 Å². The molecule has 2 N–H and O–H groups in total. The van der Waals surface area contributed by atoms with Crippen LogP contribution in [0.25, 0.3) is 0 Å². The molecule has 4 rings (SSSR count). The average Bonchev–Trinajstić information content (AvgIpc) is 3.43. The highest BCUT2D eigenvalue weighted by atomic mass is 35.5. The van der Waals surface area contributed by atoms with Crippen molar-refractivity contribution < 1.29 is 14.3 Å². The maximum Gasteiger partial charge on any atom is 0.322 e. The van der Waals surface area contributed by atoms with Crippen molar-refractivity contribution in [2.45, 2.75) is 25.8 Å². The molecular weight excluding hydrogens is 450 g/mol. The minimum Gasteiger partial charge on any atom is -0.495 e. The first-order chi connectivity index (χ1) is 15.4. The van der Waals surface area contributed by atoms with Crippen LogP contribution < -0.4 is 15.4 Å². The van der Waals surface area contributed by atoms with E-state index < -0.39 is 0 Å². The molecule has 0 spiro atoms. The number of nitrogens with zero attached hydrogens (tertiary/aromatic N) is 3.